The number of hydrogen-bond donors (Lipinski definition) is 1. The van der Waals surface area contributed by atoms with E-state index in [4.69, 9.17) is 0 Å². The summed E-state index contributed by atoms with van der Waals surface area (Å²) in [7, 11) is 0. The molecule has 154 valence electrons. The SMILES string of the molecule is CC(C)(C)c1ccc(Cn2cccc(C(=O)N/N=C\c3ccccc3F)c2=O)cc1. The van der Waals surface area contributed by atoms with E-state index in [-0.39, 0.29) is 16.5 Å². The summed E-state index contributed by atoms with van der Waals surface area (Å²) in [4.78, 5) is 25.1. The highest BCUT2D eigenvalue weighted by Crippen LogP contribution is 2.22. The largest absolute Gasteiger partial charge is 0.310 e. The van der Waals surface area contributed by atoms with Crippen LogP contribution >= 0.6 is 0 Å². The van der Waals surface area contributed by atoms with Crippen molar-refractivity contribution in [1.29, 1.82) is 0 Å². The molecule has 0 radical (unpaired) electrons. The van der Waals surface area contributed by atoms with Gasteiger partial charge in [-0.1, -0.05) is 63.2 Å². The van der Waals surface area contributed by atoms with Crippen molar-refractivity contribution in [2.45, 2.75) is 32.7 Å². The Morgan fingerprint density at radius 1 is 1.07 bits per heavy atom. The smallest absolute Gasteiger partial charge is 0.276 e. The van der Waals surface area contributed by atoms with Crippen molar-refractivity contribution >= 4 is 12.1 Å². The molecule has 1 aromatic heterocycles. The molecule has 0 unspecified atom stereocenters. The maximum Gasteiger partial charge on any atom is 0.276 e. The van der Waals surface area contributed by atoms with Gasteiger partial charge >= 0.3 is 0 Å². The van der Waals surface area contributed by atoms with Crippen LogP contribution in [0.1, 0.15) is 47.8 Å². The molecule has 6 heteroatoms. The van der Waals surface area contributed by atoms with Gasteiger partial charge in [-0.2, -0.15) is 5.10 Å². The third-order valence-electron chi connectivity index (χ3n) is 4.71. The van der Waals surface area contributed by atoms with Crippen LogP contribution in [-0.4, -0.2) is 16.7 Å². The Balaban J connectivity index is 1.73. The predicted molar refractivity (Wildman–Crippen MR) is 116 cm³/mol. The Labute approximate surface area is 174 Å². The van der Waals surface area contributed by atoms with Gasteiger partial charge in [0.25, 0.3) is 11.5 Å². The first-order valence-electron chi connectivity index (χ1n) is 9.62. The van der Waals surface area contributed by atoms with Crippen LogP contribution in [0.2, 0.25) is 0 Å². The van der Waals surface area contributed by atoms with Gasteiger partial charge < -0.3 is 4.57 Å². The third kappa shape index (κ3) is 5.08. The third-order valence-corrected chi connectivity index (χ3v) is 4.71. The molecular formula is C24H24FN3O2. The van der Waals surface area contributed by atoms with Crippen LogP contribution in [0.15, 0.2) is 76.8 Å². The Bertz CT molecular complexity index is 1130. The van der Waals surface area contributed by atoms with E-state index in [0.717, 1.165) is 5.56 Å². The lowest BCUT2D eigenvalue weighted by Crippen LogP contribution is -2.30. The molecule has 3 rings (SSSR count). The molecule has 1 heterocycles. The summed E-state index contributed by atoms with van der Waals surface area (Å²) in [6.07, 6.45) is 2.84. The van der Waals surface area contributed by atoms with Gasteiger partial charge in [-0.15, -0.1) is 0 Å². The summed E-state index contributed by atoms with van der Waals surface area (Å²) >= 11 is 0. The van der Waals surface area contributed by atoms with Crippen molar-refractivity contribution in [3.05, 3.63) is 105 Å². The quantitative estimate of drug-likeness (QED) is 0.513. The molecule has 0 atom stereocenters. The van der Waals surface area contributed by atoms with Crippen LogP contribution in [0.3, 0.4) is 0 Å². The highest BCUT2D eigenvalue weighted by atomic mass is 19.1. The maximum atomic E-state index is 13.6. The zero-order valence-electron chi connectivity index (χ0n) is 17.2. The van der Waals surface area contributed by atoms with Gasteiger partial charge in [-0.3, -0.25) is 9.59 Å². The van der Waals surface area contributed by atoms with Crippen molar-refractivity contribution < 1.29 is 9.18 Å². The fourth-order valence-electron chi connectivity index (χ4n) is 2.94. The van der Waals surface area contributed by atoms with E-state index in [2.05, 4.69) is 31.3 Å². The number of pyridine rings is 1. The average Bonchev–Trinajstić information content (AvgIpc) is 2.70. The number of carbonyl (C=O) groups is 1. The molecule has 2 aromatic carbocycles. The molecule has 0 aliphatic rings. The van der Waals surface area contributed by atoms with E-state index >= 15 is 0 Å². The number of carbonyl (C=O) groups excluding carboxylic acids is 1. The van der Waals surface area contributed by atoms with E-state index in [1.807, 2.05) is 24.3 Å². The van der Waals surface area contributed by atoms with Crippen molar-refractivity contribution in [1.82, 2.24) is 9.99 Å². The number of benzene rings is 2. The van der Waals surface area contributed by atoms with E-state index in [9.17, 15) is 14.0 Å². The van der Waals surface area contributed by atoms with Gasteiger partial charge in [0, 0.05) is 11.8 Å². The summed E-state index contributed by atoms with van der Waals surface area (Å²) in [5.74, 6) is -1.10. The molecule has 0 spiro atoms. The van der Waals surface area contributed by atoms with Gasteiger partial charge in [-0.05, 0) is 34.7 Å². The normalized spacial score (nSPS) is 11.6. The Morgan fingerprint density at radius 3 is 2.43 bits per heavy atom. The molecule has 0 bridgehead atoms. The summed E-state index contributed by atoms with van der Waals surface area (Å²) in [5.41, 5.74) is 4.28. The standard InChI is InChI=1S/C24H24FN3O2/c1-24(2,3)19-12-10-17(11-13-19)16-28-14-6-8-20(23(28)30)22(29)27-26-15-18-7-4-5-9-21(18)25/h4-15H,16H2,1-3H3,(H,27,29)/b26-15-. The summed E-state index contributed by atoms with van der Waals surface area (Å²) in [6.45, 7) is 6.78. The molecular weight excluding hydrogens is 381 g/mol. The van der Waals surface area contributed by atoms with E-state index in [1.54, 1.807) is 24.4 Å². The van der Waals surface area contributed by atoms with Crippen molar-refractivity contribution in [3.63, 3.8) is 0 Å². The van der Waals surface area contributed by atoms with Gasteiger partial charge in [0.05, 0.1) is 12.8 Å². The summed E-state index contributed by atoms with van der Waals surface area (Å²) in [6, 6.07) is 17.2. The van der Waals surface area contributed by atoms with Crippen molar-refractivity contribution in [2.24, 2.45) is 5.10 Å². The van der Waals surface area contributed by atoms with Gasteiger partial charge in [-0.25, -0.2) is 9.82 Å². The number of halogens is 1. The van der Waals surface area contributed by atoms with Gasteiger partial charge in [0.2, 0.25) is 0 Å². The number of nitrogens with one attached hydrogen (secondary N) is 1. The zero-order valence-corrected chi connectivity index (χ0v) is 17.2. The second-order valence-electron chi connectivity index (χ2n) is 8.02. The topological polar surface area (TPSA) is 63.5 Å². The minimum Gasteiger partial charge on any atom is -0.310 e. The van der Waals surface area contributed by atoms with Crippen LogP contribution in [0.5, 0.6) is 0 Å². The first-order chi connectivity index (χ1) is 14.3. The number of hydrogen-bond acceptors (Lipinski definition) is 3. The molecule has 0 saturated heterocycles. The fourth-order valence-corrected chi connectivity index (χ4v) is 2.94. The first-order valence-corrected chi connectivity index (χ1v) is 9.62. The lowest BCUT2D eigenvalue weighted by Gasteiger charge is -2.19. The molecule has 0 aliphatic heterocycles. The van der Waals surface area contributed by atoms with Crippen molar-refractivity contribution in [2.75, 3.05) is 0 Å². The van der Waals surface area contributed by atoms with Crippen LogP contribution in [-0.2, 0) is 12.0 Å². The predicted octanol–water partition coefficient (Wildman–Crippen LogP) is 4.10. The van der Waals surface area contributed by atoms with Gasteiger partial charge in [0.1, 0.15) is 11.4 Å². The molecule has 0 aliphatic carbocycles. The van der Waals surface area contributed by atoms with E-state index in [0.29, 0.717) is 6.54 Å². The van der Waals surface area contributed by atoms with Crippen LogP contribution in [0.25, 0.3) is 0 Å². The fraction of sp³-hybridized carbons (Fsp3) is 0.208. The van der Waals surface area contributed by atoms with Crippen LogP contribution in [0.4, 0.5) is 4.39 Å². The molecule has 0 saturated carbocycles. The minimum absolute atomic E-state index is 0.0329. The summed E-state index contributed by atoms with van der Waals surface area (Å²) < 4.78 is 15.1. The molecule has 1 N–H and O–H groups in total. The molecule has 3 aromatic rings. The minimum atomic E-state index is -0.648. The molecule has 30 heavy (non-hydrogen) atoms. The lowest BCUT2D eigenvalue weighted by molar-refractivity contribution is 0.0953. The highest BCUT2D eigenvalue weighted by molar-refractivity contribution is 5.94. The second kappa shape index (κ2) is 8.86. The van der Waals surface area contributed by atoms with Crippen LogP contribution in [0, 0.1) is 5.82 Å². The van der Waals surface area contributed by atoms with E-state index < -0.39 is 17.3 Å². The van der Waals surface area contributed by atoms with Crippen LogP contribution < -0.4 is 11.0 Å². The zero-order chi connectivity index (χ0) is 21.7. The molecule has 1 amide bonds. The number of aromatic nitrogens is 1. The molecule has 0 fully saturated rings. The van der Waals surface area contributed by atoms with E-state index in [1.165, 1.54) is 34.5 Å². The average molecular weight is 405 g/mol. The number of amides is 1. The number of hydrazone groups is 1. The van der Waals surface area contributed by atoms with Gasteiger partial charge in [0.15, 0.2) is 0 Å². The monoisotopic (exact) mass is 405 g/mol. The molecule has 5 nitrogen and oxygen atoms in total. The Kier molecular flexibility index (Phi) is 6.26. The number of nitrogens with zero attached hydrogens (tertiary/aromatic N) is 2. The first kappa shape index (κ1) is 21.2. The summed E-state index contributed by atoms with van der Waals surface area (Å²) in [5, 5.41) is 3.75. The Hall–Kier alpha value is -3.54. The lowest BCUT2D eigenvalue weighted by atomic mass is 9.87. The second-order valence-corrected chi connectivity index (χ2v) is 8.02. The van der Waals surface area contributed by atoms with Crippen molar-refractivity contribution in [3.8, 4) is 0 Å². The Morgan fingerprint density at radius 2 is 1.77 bits per heavy atom. The number of rotatable bonds is 5. The maximum absolute atomic E-state index is 13.6. The highest BCUT2D eigenvalue weighted by Gasteiger charge is 2.14.